The molecule has 0 radical (unpaired) electrons. The van der Waals surface area contributed by atoms with E-state index in [0.29, 0.717) is 0 Å². The van der Waals surface area contributed by atoms with Crippen molar-refractivity contribution in [2.45, 2.75) is 26.5 Å². The summed E-state index contributed by atoms with van der Waals surface area (Å²) >= 11 is 0. The highest BCUT2D eigenvalue weighted by molar-refractivity contribution is 5.36. The second-order valence-corrected chi connectivity index (χ2v) is 4.43. The number of nitriles is 1. The summed E-state index contributed by atoms with van der Waals surface area (Å²) in [5.74, 6) is -0.416. The SMILES string of the molecule is CC(C)n1ccc(COc2ccc(C#N)cc2F)n1. The number of ether oxygens (including phenoxy) is 1. The van der Waals surface area contributed by atoms with Gasteiger partial charge in [-0.1, -0.05) is 0 Å². The molecule has 0 atom stereocenters. The molecule has 19 heavy (non-hydrogen) atoms. The fourth-order valence-corrected chi connectivity index (χ4v) is 1.58. The molecular weight excluding hydrogens is 245 g/mol. The van der Waals surface area contributed by atoms with E-state index in [1.54, 1.807) is 0 Å². The summed E-state index contributed by atoms with van der Waals surface area (Å²) in [6.45, 7) is 4.25. The molecule has 0 saturated carbocycles. The lowest BCUT2D eigenvalue weighted by atomic mass is 10.2. The van der Waals surface area contributed by atoms with E-state index in [1.807, 2.05) is 36.9 Å². The van der Waals surface area contributed by atoms with Crippen molar-refractivity contribution in [3.63, 3.8) is 0 Å². The fourth-order valence-electron chi connectivity index (χ4n) is 1.58. The highest BCUT2D eigenvalue weighted by atomic mass is 19.1. The molecule has 0 aliphatic heterocycles. The van der Waals surface area contributed by atoms with Crippen LogP contribution >= 0.6 is 0 Å². The number of benzene rings is 1. The molecule has 4 nitrogen and oxygen atoms in total. The van der Waals surface area contributed by atoms with Crippen LogP contribution in [0.1, 0.15) is 31.1 Å². The van der Waals surface area contributed by atoms with Gasteiger partial charge in [0.2, 0.25) is 0 Å². The van der Waals surface area contributed by atoms with Crippen molar-refractivity contribution >= 4 is 0 Å². The van der Waals surface area contributed by atoms with E-state index in [-0.39, 0.29) is 24.0 Å². The Bertz CT molecular complexity index is 613. The first kappa shape index (κ1) is 13.1. The summed E-state index contributed by atoms with van der Waals surface area (Å²) in [6.07, 6.45) is 1.86. The molecular formula is C14H14FN3O. The zero-order chi connectivity index (χ0) is 13.8. The van der Waals surface area contributed by atoms with Crippen molar-refractivity contribution < 1.29 is 9.13 Å². The lowest BCUT2D eigenvalue weighted by Gasteiger charge is -2.06. The molecule has 0 saturated heterocycles. The maximum absolute atomic E-state index is 13.6. The minimum atomic E-state index is -0.539. The average Bonchev–Trinajstić information content (AvgIpc) is 2.86. The van der Waals surface area contributed by atoms with Gasteiger partial charge in [0.1, 0.15) is 6.61 Å². The Hall–Kier alpha value is -2.35. The minimum absolute atomic E-state index is 0.123. The van der Waals surface area contributed by atoms with Gasteiger partial charge in [-0.15, -0.1) is 0 Å². The second kappa shape index (κ2) is 5.53. The number of hydrogen-bond donors (Lipinski definition) is 0. The average molecular weight is 259 g/mol. The molecule has 0 N–H and O–H groups in total. The second-order valence-electron chi connectivity index (χ2n) is 4.43. The van der Waals surface area contributed by atoms with E-state index >= 15 is 0 Å². The van der Waals surface area contributed by atoms with Gasteiger partial charge in [0.15, 0.2) is 11.6 Å². The van der Waals surface area contributed by atoms with Crippen molar-refractivity contribution in [1.82, 2.24) is 9.78 Å². The van der Waals surface area contributed by atoms with Crippen molar-refractivity contribution in [3.8, 4) is 11.8 Å². The summed E-state index contributed by atoms with van der Waals surface area (Å²) in [4.78, 5) is 0. The Kier molecular flexibility index (Phi) is 3.81. The summed E-state index contributed by atoms with van der Waals surface area (Å²) < 4.78 is 20.7. The predicted octanol–water partition coefficient (Wildman–Crippen LogP) is 3.05. The van der Waals surface area contributed by atoms with Gasteiger partial charge < -0.3 is 4.74 Å². The van der Waals surface area contributed by atoms with Crippen LogP contribution in [0, 0.1) is 17.1 Å². The van der Waals surface area contributed by atoms with Crippen molar-refractivity contribution in [2.24, 2.45) is 0 Å². The quantitative estimate of drug-likeness (QED) is 0.847. The molecule has 1 aromatic heterocycles. The third-order valence-electron chi connectivity index (χ3n) is 2.63. The Morgan fingerprint density at radius 3 is 2.79 bits per heavy atom. The molecule has 0 aliphatic carbocycles. The van der Waals surface area contributed by atoms with Gasteiger partial charge in [0.05, 0.1) is 17.3 Å². The molecule has 2 rings (SSSR count). The van der Waals surface area contributed by atoms with E-state index in [4.69, 9.17) is 10.00 Å². The molecule has 1 aromatic carbocycles. The van der Waals surface area contributed by atoms with Crippen LogP contribution in [0.15, 0.2) is 30.5 Å². The fraction of sp³-hybridized carbons (Fsp3) is 0.286. The third-order valence-corrected chi connectivity index (χ3v) is 2.63. The van der Waals surface area contributed by atoms with Gasteiger partial charge in [-0.2, -0.15) is 10.4 Å². The standard InChI is InChI=1S/C14H14FN3O/c1-10(2)18-6-5-12(17-18)9-19-14-4-3-11(8-16)7-13(14)15/h3-7,10H,9H2,1-2H3. The Labute approximate surface area is 111 Å². The summed E-state index contributed by atoms with van der Waals surface area (Å²) in [6, 6.07) is 8.11. The van der Waals surface area contributed by atoms with E-state index in [2.05, 4.69) is 5.10 Å². The van der Waals surface area contributed by atoms with Gasteiger partial charge in [-0.25, -0.2) is 4.39 Å². The van der Waals surface area contributed by atoms with Crippen molar-refractivity contribution in [1.29, 1.82) is 5.26 Å². The van der Waals surface area contributed by atoms with Crippen LogP contribution in [0.2, 0.25) is 0 Å². The maximum atomic E-state index is 13.6. The first-order valence-electron chi connectivity index (χ1n) is 5.96. The summed E-state index contributed by atoms with van der Waals surface area (Å²) in [5, 5.41) is 13.0. The molecule has 0 aliphatic rings. The molecule has 2 aromatic rings. The number of nitrogens with zero attached hydrogens (tertiary/aromatic N) is 3. The lowest BCUT2D eigenvalue weighted by molar-refractivity contribution is 0.283. The zero-order valence-electron chi connectivity index (χ0n) is 10.8. The normalized spacial score (nSPS) is 10.5. The molecule has 0 spiro atoms. The number of aromatic nitrogens is 2. The topological polar surface area (TPSA) is 50.8 Å². The molecule has 98 valence electrons. The van der Waals surface area contributed by atoms with Crippen LogP contribution in [0.4, 0.5) is 4.39 Å². The maximum Gasteiger partial charge on any atom is 0.166 e. The third kappa shape index (κ3) is 3.10. The van der Waals surface area contributed by atoms with Crippen LogP contribution < -0.4 is 4.74 Å². The smallest absolute Gasteiger partial charge is 0.166 e. The summed E-state index contributed by atoms with van der Waals surface area (Å²) in [5.41, 5.74) is 1.01. The van der Waals surface area contributed by atoms with Crippen LogP contribution in [-0.2, 0) is 6.61 Å². The largest absolute Gasteiger partial charge is 0.484 e. The highest BCUT2D eigenvalue weighted by Crippen LogP contribution is 2.19. The van der Waals surface area contributed by atoms with E-state index in [0.717, 1.165) is 11.8 Å². The van der Waals surface area contributed by atoms with Gasteiger partial charge in [-0.05, 0) is 38.1 Å². The van der Waals surface area contributed by atoms with Crippen LogP contribution in [0.5, 0.6) is 5.75 Å². The molecule has 0 amide bonds. The molecule has 0 unspecified atom stereocenters. The van der Waals surface area contributed by atoms with Crippen LogP contribution in [-0.4, -0.2) is 9.78 Å². The Balaban J connectivity index is 2.04. The van der Waals surface area contributed by atoms with Gasteiger partial charge in [0.25, 0.3) is 0 Å². The zero-order valence-corrected chi connectivity index (χ0v) is 10.8. The molecule has 0 fully saturated rings. The number of halogens is 1. The first-order valence-corrected chi connectivity index (χ1v) is 5.96. The van der Waals surface area contributed by atoms with E-state index in [9.17, 15) is 4.39 Å². The first-order chi connectivity index (χ1) is 9.10. The highest BCUT2D eigenvalue weighted by Gasteiger charge is 2.07. The lowest BCUT2D eigenvalue weighted by Crippen LogP contribution is -2.03. The number of hydrogen-bond acceptors (Lipinski definition) is 3. The van der Waals surface area contributed by atoms with Gasteiger partial charge >= 0.3 is 0 Å². The summed E-state index contributed by atoms with van der Waals surface area (Å²) in [7, 11) is 0. The van der Waals surface area contributed by atoms with Gasteiger partial charge in [0, 0.05) is 12.2 Å². The Morgan fingerprint density at radius 2 is 2.21 bits per heavy atom. The Morgan fingerprint density at radius 1 is 1.42 bits per heavy atom. The monoisotopic (exact) mass is 259 g/mol. The van der Waals surface area contributed by atoms with Crippen molar-refractivity contribution in [3.05, 3.63) is 47.5 Å². The molecule has 5 heteroatoms. The minimum Gasteiger partial charge on any atom is -0.484 e. The van der Waals surface area contributed by atoms with Crippen molar-refractivity contribution in [2.75, 3.05) is 0 Å². The van der Waals surface area contributed by atoms with E-state index in [1.165, 1.54) is 12.1 Å². The predicted molar refractivity (Wildman–Crippen MR) is 68.1 cm³/mol. The van der Waals surface area contributed by atoms with Gasteiger partial charge in [-0.3, -0.25) is 4.68 Å². The van der Waals surface area contributed by atoms with Crippen LogP contribution in [0.25, 0.3) is 0 Å². The number of rotatable bonds is 4. The van der Waals surface area contributed by atoms with Crippen LogP contribution in [0.3, 0.4) is 0 Å². The molecule has 0 bridgehead atoms. The van der Waals surface area contributed by atoms with E-state index < -0.39 is 5.82 Å². The molecule has 1 heterocycles.